The monoisotopic (exact) mass is 489 g/mol. The van der Waals surface area contributed by atoms with E-state index in [2.05, 4.69) is 22.9 Å². The van der Waals surface area contributed by atoms with Crippen molar-refractivity contribution in [3.8, 4) is 0 Å². The number of carboxylic acids is 1. The van der Waals surface area contributed by atoms with Crippen molar-refractivity contribution in [1.82, 2.24) is 16.0 Å². The summed E-state index contributed by atoms with van der Waals surface area (Å²) in [7, 11) is 0. The largest absolute Gasteiger partial charge is 0.480 e. The number of carbonyl (C=O) groups excluding carboxylic acids is 3. The first-order valence-corrected chi connectivity index (χ1v) is 12.8. The smallest absolute Gasteiger partial charge is 0.325 e. The van der Waals surface area contributed by atoms with Crippen molar-refractivity contribution in [3.63, 3.8) is 0 Å². The molecular formula is C27H43N3O5. The van der Waals surface area contributed by atoms with E-state index in [1.165, 1.54) is 32.6 Å². The molecule has 4 N–H and O–H groups in total. The summed E-state index contributed by atoms with van der Waals surface area (Å²) < 4.78 is 0. The molecule has 0 bridgehead atoms. The zero-order valence-electron chi connectivity index (χ0n) is 21.6. The lowest BCUT2D eigenvalue weighted by Crippen LogP contribution is -2.57. The number of rotatable bonds is 17. The van der Waals surface area contributed by atoms with Crippen molar-refractivity contribution in [2.45, 2.75) is 104 Å². The molecule has 0 spiro atoms. The van der Waals surface area contributed by atoms with Crippen LogP contribution < -0.4 is 16.0 Å². The van der Waals surface area contributed by atoms with Crippen LogP contribution in [0.3, 0.4) is 0 Å². The van der Waals surface area contributed by atoms with Crippen molar-refractivity contribution in [3.05, 3.63) is 35.9 Å². The predicted molar refractivity (Wildman–Crippen MR) is 137 cm³/mol. The van der Waals surface area contributed by atoms with Gasteiger partial charge in [0.1, 0.15) is 18.1 Å². The number of carbonyl (C=O) groups is 4. The second-order valence-corrected chi connectivity index (χ2v) is 9.48. The molecule has 0 radical (unpaired) electrons. The average Bonchev–Trinajstić information content (AvgIpc) is 2.81. The van der Waals surface area contributed by atoms with Gasteiger partial charge in [-0.2, -0.15) is 0 Å². The number of benzene rings is 1. The Balaban J connectivity index is 2.74. The quantitative estimate of drug-likeness (QED) is 0.249. The van der Waals surface area contributed by atoms with Crippen LogP contribution in [0.15, 0.2) is 30.3 Å². The summed E-state index contributed by atoms with van der Waals surface area (Å²) in [4.78, 5) is 49.6. The topological polar surface area (TPSA) is 125 Å². The summed E-state index contributed by atoms with van der Waals surface area (Å²) in [6, 6.07) is 6.29. The number of amides is 3. The summed E-state index contributed by atoms with van der Waals surface area (Å²) in [5, 5.41) is 17.1. The van der Waals surface area contributed by atoms with Gasteiger partial charge in [0.05, 0.1) is 0 Å². The Bertz CT molecular complexity index is 797. The molecule has 3 atom stereocenters. The molecule has 1 rings (SSSR count). The molecule has 3 amide bonds. The van der Waals surface area contributed by atoms with Crippen LogP contribution in [0.2, 0.25) is 0 Å². The molecule has 0 aliphatic rings. The number of aliphatic carboxylic acids is 1. The van der Waals surface area contributed by atoms with Crippen LogP contribution in [0, 0.1) is 5.92 Å². The molecule has 0 fully saturated rings. The molecule has 1 aromatic carbocycles. The van der Waals surface area contributed by atoms with E-state index in [0.29, 0.717) is 6.42 Å². The van der Waals surface area contributed by atoms with E-state index in [-0.39, 0.29) is 18.2 Å². The Morgan fingerprint density at radius 1 is 0.800 bits per heavy atom. The van der Waals surface area contributed by atoms with Gasteiger partial charge in [-0.25, -0.2) is 0 Å². The molecule has 8 heteroatoms. The van der Waals surface area contributed by atoms with Crippen molar-refractivity contribution in [2.24, 2.45) is 5.92 Å². The van der Waals surface area contributed by atoms with E-state index in [0.717, 1.165) is 24.8 Å². The Kier molecular flexibility index (Phi) is 14.4. The zero-order chi connectivity index (χ0) is 26.2. The predicted octanol–water partition coefficient (Wildman–Crippen LogP) is 3.58. The van der Waals surface area contributed by atoms with E-state index < -0.39 is 35.9 Å². The lowest BCUT2D eigenvalue weighted by atomic mass is 10.0. The normalized spacial score (nSPS) is 13.5. The molecule has 0 aliphatic heterocycles. The standard InChI is InChI=1S/C27H43N3O5/c1-5-6-7-8-9-10-14-17-23(31)30-24(19(2)3)26(33)29-22(18-21-15-12-11-13-16-21)25(32)28-20(4)27(34)35/h11-13,15-16,19-20,22,24H,5-10,14,17-18H2,1-4H3,(H,28,32)(H,29,33)(H,30,31)(H,34,35). The third kappa shape index (κ3) is 12.4. The molecule has 0 saturated heterocycles. The molecular weight excluding hydrogens is 446 g/mol. The first-order valence-electron chi connectivity index (χ1n) is 12.8. The van der Waals surface area contributed by atoms with Gasteiger partial charge in [-0.1, -0.05) is 89.6 Å². The molecule has 0 aliphatic carbocycles. The third-order valence-electron chi connectivity index (χ3n) is 5.92. The summed E-state index contributed by atoms with van der Waals surface area (Å²) >= 11 is 0. The maximum Gasteiger partial charge on any atom is 0.325 e. The number of hydrogen-bond acceptors (Lipinski definition) is 4. The molecule has 35 heavy (non-hydrogen) atoms. The highest BCUT2D eigenvalue weighted by atomic mass is 16.4. The van der Waals surface area contributed by atoms with Gasteiger partial charge in [0.2, 0.25) is 17.7 Å². The van der Waals surface area contributed by atoms with E-state index in [4.69, 9.17) is 5.11 Å². The Hall–Kier alpha value is -2.90. The summed E-state index contributed by atoms with van der Waals surface area (Å²) in [6.45, 7) is 7.20. The van der Waals surface area contributed by atoms with Gasteiger partial charge in [-0.05, 0) is 24.8 Å². The maximum atomic E-state index is 13.1. The minimum atomic E-state index is -1.17. The minimum Gasteiger partial charge on any atom is -0.480 e. The van der Waals surface area contributed by atoms with E-state index in [1.807, 2.05) is 44.2 Å². The fourth-order valence-electron chi connectivity index (χ4n) is 3.72. The van der Waals surface area contributed by atoms with Crippen LogP contribution in [-0.2, 0) is 25.6 Å². The molecule has 8 nitrogen and oxygen atoms in total. The minimum absolute atomic E-state index is 0.184. The van der Waals surface area contributed by atoms with Crippen LogP contribution in [0.4, 0.5) is 0 Å². The van der Waals surface area contributed by atoms with E-state index >= 15 is 0 Å². The van der Waals surface area contributed by atoms with Gasteiger partial charge in [-0.15, -0.1) is 0 Å². The highest BCUT2D eigenvalue weighted by molar-refractivity contribution is 5.93. The lowest BCUT2D eigenvalue weighted by Gasteiger charge is -2.26. The van der Waals surface area contributed by atoms with Gasteiger partial charge in [0.15, 0.2) is 0 Å². The second kappa shape index (κ2) is 16.7. The number of nitrogens with one attached hydrogen (secondary N) is 3. The first-order chi connectivity index (χ1) is 16.6. The Morgan fingerprint density at radius 3 is 1.97 bits per heavy atom. The summed E-state index contributed by atoms with van der Waals surface area (Å²) in [5.74, 6) is -2.59. The highest BCUT2D eigenvalue weighted by Gasteiger charge is 2.30. The lowest BCUT2D eigenvalue weighted by molar-refractivity contribution is -0.141. The second-order valence-electron chi connectivity index (χ2n) is 9.48. The number of carboxylic acid groups (broad SMARTS) is 1. The summed E-state index contributed by atoms with van der Waals surface area (Å²) in [5.41, 5.74) is 0.819. The Morgan fingerprint density at radius 2 is 1.40 bits per heavy atom. The molecule has 0 heterocycles. The fraction of sp³-hybridized carbons (Fsp3) is 0.630. The van der Waals surface area contributed by atoms with Crippen LogP contribution in [0.1, 0.15) is 84.6 Å². The van der Waals surface area contributed by atoms with Crippen LogP contribution in [0.25, 0.3) is 0 Å². The van der Waals surface area contributed by atoms with Crippen LogP contribution >= 0.6 is 0 Å². The van der Waals surface area contributed by atoms with Crippen molar-refractivity contribution >= 4 is 23.7 Å². The molecule has 196 valence electrons. The van der Waals surface area contributed by atoms with Gasteiger partial charge < -0.3 is 21.1 Å². The fourth-order valence-corrected chi connectivity index (χ4v) is 3.72. The highest BCUT2D eigenvalue weighted by Crippen LogP contribution is 2.10. The average molecular weight is 490 g/mol. The van der Waals surface area contributed by atoms with Gasteiger partial charge in [0.25, 0.3) is 0 Å². The van der Waals surface area contributed by atoms with Crippen LogP contribution in [0.5, 0.6) is 0 Å². The third-order valence-corrected chi connectivity index (χ3v) is 5.92. The summed E-state index contributed by atoms with van der Waals surface area (Å²) in [6.07, 6.45) is 8.26. The zero-order valence-corrected chi connectivity index (χ0v) is 21.6. The first kappa shape index (κ1) is 30.1. The van der Waals surface area contributed by atoms with Crippen LogP contribution in [-0.4, -0.2) is 46.9 Å². The van der Waals surface area contributed by atoms with Crippen molar-refractivity contribution in [2.75, 3.05) is 0 Å². The molecule has 0 saturated carbocycles. The van der Waals surface area contributed by atoms with Crippen molar-refractivity contribution in [1.29, 1.82) is 0 Å². The van der Waals surface area contributed by atoms with Gasteiger partial charge >= 0.3 is 5.97 Å². The molecule has 0 aromatic heterocycles. The van der Waals surface area contributed by atoms with Gasteiger partial charge in [-0.3, -0.25) is 19.2 Å². The van der Waals surface area contributed by atoms with Gasteiger partial charge in [0, 0.05) is 12.8 Å². The Labute approximate surface area is 209 Å². The number of hydrogen-bond donors (Lipinski definition) is 4. The molecule has 3 unspecified atom stereocenters. The number of unbranched alkanes of at least 4 members (excludes halogenated alkanes) is 6. The van der Waals surface area contributed by atoms with Crippen molar-refractivity contribution < 1.29 is 24.3 Å². The van der Waals surface area contributed by atoms with E-state index in [1.54, 1.807) is 0 Å². The van der Waals surface area contributed by atoms with E-state index in [9.17, 15) is 19.2 Å². The maximum absolute atomic E-state index is 13.1. The molecule has 1 aromatic rings. The SMILES string of the molecule is CCCCCCCCCC(=O)NC(C(=O)NC(Cc1ccccc1)C(=O)NC(C)C(=O)O)C(C)C.